The summed E-state index contributed by atoms with van der Waals surface area (Å²) in [6, 6.07) is 0. The van der Waals surface area contributed by atoms with Crippen LogP contribution in [0.4, 0.5) is 5.82 Å². The third-order valence-electron chi connectivity index (χ3n) is 2.60. The van der Waals surface area contributed by atoms with Crippen molar-refractivity contribution in [2.24, 2.45) is 5.92 Å². The van der Waals surface area contributed by atoms with Gasteiger partial charge in [0, 0.05) is 7.05 Å². The number of ether oxygens (including phenoxy) is 1. The third kappa shape index (κ3) is 3.88. The third-order valence-corrected chi connectivity index (χ3v) is 2.60. The normalized spacial score (nSPS) is 11.0. The molecule has 17 heavy (non-hydrogen) atoms. The van der Waals surface area contributed by atoms with E-state index in [1.54, 1.807) is 6.33 Å². The van der Waals surface area contributed by atoms with Crippen LogP contribution in [0.2, 0.25) is 0 Å². The molecule has 0 amide bonds. The average molecular weight is 237 g/mol. The van der Waals surface area contributed by atoms with Gasteiger partial charge in [-0.25, -0.2) is 9.97 Å². The predicted octanol–water partition coefficient (Wildman–Crippen LogP) is 3.07. The second-order valence-corrected chi connectivity index (χ2v) is 4.88. The lowest BCUT2D eigenvalue weighted by atomic mass is 10.1. The second kappa shape index (κ2) is 6.42. The molecule has 0 unspecified atom stereocenters. The maximum Gasteiger partial charge on any atom is 0.222 e. The Morgan fingerprint density at radius 1 is 1.24 bits per heavy atom. The largest absolute Gasteiger partial charge is 0.477 e. The first-order valence-electron chi connectivity index (χ1n) is 6.21. The summed E-state index contributed by atoms with van der Waals surface area (Å²) in [6.45, 7) is 9.32. The van der Waals surface area contributed by atoms with Gasteiger partial charge in [0.2, 0.25) is 5.88 Å². The zero-order valence-electron chi connectivity index (χ0n) is 11.4. The zero-order chi connectivity index (χ0) is 12.8. The molecular weight excluding hydrogens is 214 g/mol. The van der Waals surface area contributed by atoms with E-state index >= 15 is 0 Å². The molecule has 4 nitrogen and oxygen atoms in total. The van der Waals surface area contributed by atoms with Crippen molar-refractivity contribution in [2.75, 3.05) is 19.0 Å². The Morgan fingerprint density at radius 3 is 2.47 bits per heavy atom. The molecule has 1 aromatic rings. The molecule has 0 atom stereocenters. The van der Waals surface area contributed by atoms with Gasteiger partial charge in [-0.2, -0.15) is 0 Å². The van der Waals surface area contributed by atoms with Crippen LogP contribution < -0.4 is 10.1 Å². The van der Waals surface area contributed by atoms with Crippen molar-refractivity contribution in [1.82, 2.24) is 9.97 Å². The number of nitrogens with one attached hydrogen (secondary N) is 1. The van der Waals surface area contributed by atoms with Gasteiger partial charge in [0.25, 0.3) is 0 Å². The van der Waals surface area contributed by atoms with Crippen LogP contribution in [-0.2, 0) is 0 Å². The highest BCUT2D eigenvalue weighted by molar-refractivity contribution is 5.50. The molecule has 1 aromatic heterocycles. The summed E-state index contributed by atoms with van der Waals surface area (Å²) in [5.41, 5.74) is 1.05. The minimum Gasteiger partial charge on any atom is -0.477 e. The van der Waals surface area contributed by atoms with E-state index in [-0.39, 0.29) is 0 Å². The number of aromatic nitrogens is 2. The van der Waals surface area contributed by atoms with Crippen molar-refractivity contribution in [3.63, 3.8) is 0 Å². The molecule has 96 valence electrons. The van der Waals surface area contributed by atoms with Gasteiger partial charge >= 0.3 is 0 Å². The first-order valence-corrected chi connectivity index (χ1v) is 6.21. The Balaban J connectivity index is 2.83. The summed E-state index contributed by atoms with van der Waals surface area (Å²) in [5, 5.41) is 3.09. The Morgan fingerprint density at radius 2 is 1.94 bits per heavy atom. The Hall–Kier alpha value is -1.32. The molecule has 0 fully saturated rings. The molecule has 1 heterocycles. The van der Waals surface area contributed by atoms with E-state index in [1.807, 2.05) is 7.05 Å². The molecule has 1 rings (SSSR count). The Kier molecular flexibility index (Phi) is 5.19. The van der Waals surface area contributed by atoms with Crippen LogP contribution >= 0.6 is 0 Å². The summed E-state index contributed by atoms with van der Waals surface area (Å²) in [5.74, 6) is 2.55. The van der Waals surface area contributed by atoms with E-state index in [2.05, 4.69) is 43.0 Å². The highest BCUT2D eigenvalue weighted by Crippen LogP contribution is 2.29. The predicted molar refractivity (Wildman–Crippen MR) is 70.6 cm³/mol. The Bertz CT molecular complexity index is 351. The number of hydrogen-bond donors (Lipinski definition) is 1. The molecule has 0 aromatic carbocycles. The molecule has 0 aliphatic carbocycles. The van der Waals surface area contributed by atoms with Gasteiger partial charge in [0.15, 0.2) is 0 Å². The molecule has 0 saturated carbocycles. The van der Waals surface area contributed by atoms with E-state index in [0.717, 1.165) is 17.8 Å². The van der Waals surface area contributed by atoms with Crippen molar-refractivity contribution < 1.29 is 4.74 Å². The number of anilines is 1. The van der Waals surface area contributed by atoms with E-state index in [9.17, 15) is 0 Å². The van der Waals surface area contributed by atoms with Gasteiger partial charge in [-0.05, 0) is 18.3 Å². The summed E-state index contributed by atoms with van der Waals surface area (Å²) in [6.07, 6.45) is 2.58. The molecule has 0 aliphatic rings. The van der Waals surface area contributed by atoms with Crippen LogP contribution in [0.5, 0.6) is 5.88 Å². The van der Waals surface area contributed by atoms with Crippen LogP contribution in [0.1, 0.15) is 45.6 Å². The van der Waals surface area contributed by atoms with Gasteiger partial charge in [0.05, 0.1) is 12.2 Å². The van der Waals surface area contributed by atoms with Crippen LogP contribution in [0, 0.1) is 5.92 Å². The minimum absolute atomic E-state index is 0.340. The molecule has 1 N–H and O–H groups in total. The zero-order valence-corrected chi connectivity index (χ0v) is 11.4. The van der Waals surface area contributed by atoms with Gasteiger partial charge in [0.1, 0.15) is 12.1 Å². The van der Waals surface area contributed by atoms with Crippen LogP contribution in [0.15, 0.2) is 6.33 Å². The first kappa shape index (κ1) is 13.7. The molecule has 0 saturated heterocycles. The van der Waals surface area contributed by atoms with Crippen molar-refractivity contribution in [2.45, 2.75) is 40.0 Å². The highest BCUT2D eigenvalue weighted by Gasteiger charge is 2.15. The smallest absolute Gasteiger partial charge is 0.222 e. The number of nitrogens with zero attached hydrogens (tertiary/aromatic N) is 2. The standard InChI is InChI=1S/C13H23N3O/c1-9(2)6-7-17-13-11(10(3)4)12(14-5)15-8-16-13/h8-10H,6-7H2,1-5H3,(H,14,15,16). The monoisotopic (exact) mass is 237 g/mol. The molecule has 4 heteroatoms. The Labute approximate surface area is 104 Å². The minimum atomic E-state index is 0.340. The highest BCUT2D eigenvalue weighted by atomic mass is 16.5. The van der Waals surface area contributed by atoms with Crippen molar-refractivity contribution >= 4 is 5.82 Å². The van der Waals surface area contributed by atoms with Crippen molar-refractivity contribution in [1.29, 1.82) is 0 Å². The van der Waals surface area contributed by atoms with E-state index in [0.29, 0.717) is 24.3 Å². The number of rotatable bonds is 6. The lowest BCUT2D eigenvalue weighted by Gasteiger charge is -2.16. The van der Waals surface area contributed by atoms with Crippen LogP contribution in [-0.4, -0.2) is 23.6 Å². The lowest BCUT2D eigenvalue weighted by Crippen LogP contribution is -2.09. The van der Waals surface area contributed by atoms with Gasteiger partial charge in [-0.3, -0.25) is 0 Å². The SMILES string of the molecule is CNc1ncnc(OCCC(C)C)c1C(C)C. The summed E-state index contributed by atoms with van der Waals surface area (Å²) < 4.78 is 5.76. The molecule has 0 spiro atoms. The van der Waals surface area contributed by atoms with Crippen molar-refractivity contribution in [3.05, 3.63) is 11.9 Å². The average Bonchev–Trinajstić information content (AvgIpc) is 2.27. The fourth-order valence-corrected chi connectivity index (χ4v) is 1.61. The van der Waals surface area contributed by atoms with Crippen LogP contribution in [0.25, 0.3) is 0 Å². The molecule has 0 bridgehead atoms. The molecular formula is C13H23N3O. The fraction of sp³-hybridized carbons (Fsp3) is 0.692. The topological polar surface area (TPSA) is 47.0 Å². The van der Waals surface area contributed by atoms with Gasteiger partial charge in [-0.15, -0.1) is 0 Å². The molecule has 0 radical (unpaired) electrons. The van der Waals surface area contributed by atoms with E-state index < -0.39 is 0 Å². The summed E-state index contributed by atoms with van der Waals surface area (Å²) >= 11 is 0. The summed E-state index contributed by atoms with van der Waals surface area (Å²) in [4.78, 5) is 8.45. The fourth-order valence-electron chi connectivity index (χ4n) is 1.61. The summed E-state index contributed by atoms with van der Waals surface area (Å²) in [7, 11) is 1.87. The van der Waals surface area contributed by atoms with Gasteiger partial charge in [-0.1, -0.05) is 27.7 Å². The molecule has 0 aliphatic heterocycles. The van der Waals surface area contributed by atoms with E-state index in [4.69, 9.17) is 4.74 Å². The van der Waals surface area contributed by atoms with Gasteiger partial charge < -0.3 is 10.1 Å². The number of hydrogen-bond acceptors (Lipinski definition) is 4. The maximum absolute atomic E-state index is 5.76. The van der Waals surface area contributed by atoms with E-state index in [1.165, 1.54) is 0 Å². The van der Waals surface area contributed by atoms with Crippen LogP contribution in [0.3, 0.4) is 0 Å². The van der Waals surface area contributed by atoms with Crippen molar-refractivity contribution in [3.8, 4) is 5.88 Å². The maximum atomic E-state index is 5.76. The second-order valence-electron chi connectivity index (χ2n) is 4.88. The quantitative estimate of drug-likeness (QED) is 0.826. The lowest BCUT2D eigenvalue weighted by molar-refractivity contribution is 0.275. The first-order chi connectivity index (χ1) is 8.06.